The van der Waals surface area contributed by atoms with Gasteiger partial charge in [0.05, 0.1) is 21.1 Å². The van der Waals surface area contributed by atoms with Gasteiger partial charge in [0.1, 0.15) is 0 Å². The number of nitrogens with zero attached hydrogens (tertiary/aromatic N) is 1. The SMILES string of the molecule is CCCCC(CC)CN1c2ccc(-c3ccc(C=O)s3)cc2Sc2cc(-c3ccc(C=O)s3)ccc21. The molecule has 1 unspecified atom stereocenters. The predicted molar refractivity (Wildman–Crippen MR) is 155 cm³/mol. The van der Waals surface area contributed by atoms with Crippen molar-refractivity contribution in [2.24, 2.45) is 5.92 Å². The molecule has 0 saturated heterocycles. The van der Waals surface area contributed by atoms with Crippen LogP contribution in [0.3, 0.4) is 0 Å². The van der Waals surface area contributed by atoms with Gasteiger partial charge >= 0.3 is 0 Å². The molecule has 4 aromatic rings. The fourth-order valence-electron chi connectivity index (χ4n) is 4.71. The van der Waals surface area contributed by atoms with E-state index in [1.54, 1.807) is 0 Å². The van der Waals surface area contributed by atoms with E-state index in [1.165, 1.54) is 63.1 Å². The first kappa shape index (κ1) is 25.0. The van der Waals surface area contributed by atoms with Crippen molar-refractivity contribution in [1.82, 2.24) is 0 Å². The fraction of sp³-hybridized carbons (Fsp3) is 0.267. The van der Waals surface area contributed by atoms with Crippen molar-refractivity contribution in [2.45, 2.75) is 49.3 Å². The third kappa shape index (κ3) is 5.08. The van der Waals surface area contributed by atoms with E-state index >= 15 is 0 Å². The average Bonchev–Trinajstić information content (AvgIpc) is 3.60. The molecule has 1 aliphatic rings. The van der Waals surface area contributed by atoms with Gasteiger partial charge in [-0.15, -0.1) is 22.7 Å². The van der Waals surface area contributed by atoms with Crippen molar-refractivity contribution in [3.63, 3.8) is 0 Å². The molecular weight excluding hydrogens is 503 g/mol. The summed E-state index contributed by atoms with van der Waals surface area (Å²) < 4.78 is 0. The maximum Gasteiger partial charge on any atom is 0.160 e. The predicted octanol–water partition coefficient (Wildman–Crippen LogP) is 9.59. The number of hydrogen-bond donors (Lipinski definition) is 0. The normalized spacial score (nSPS) is 13.2. The molecule has 0 radical (unpaired) electrons. The number of carbonyl (C=O) groups excluding carboxylic acids is 2. The van der Waals surface area contributed by atoms with Crippen LogP contribution in [0.5, 0.6) is 0 Å². The van der Waals surface area contributed by atoms with E-state index in [9.17, 15) is 9.59 Å². The number of anilines is 2. The lowest BCUT2D eigenvalue weighted by Crippen LogP contribution is -2.27. The number of rotatable bonds is 10. The van der Waals surface area contributed by atoms with Gasteiger partial charge in [-0.2, -0.15) is 0 Å². The first-order valence-electron chi connectivity index (χ1n) is 12.5. The van der Waals surface area contributed by atoms with Crippen LogP contribution in [-0.4, -0.2) is 19.1 Å². The summed E-state index contributed by atoms with van der Waals surface area (Å²) in [5.74, 6) is 0.632. The minimum Gasteiger partial charge on any atom is -0.339 e. The van der Waals surface area contributed by atoms with Crippen LogP contribution in [0.15, 0.2) is 70.5 Å². The zero-order chi connectivity index (χ0) is 25.1. The molecule has 3 heterocycles. The van der Waals surface area contributed by atoms with Gasteiger partial charge in [-0.1, -0.05) is 57.0 Å². The Labute approximate surface area is 225 Å². The molecule has 5 rings (SSSR count). The summed E-state index contributed by atoms with van der Waals surface area (Å²) in [7, 11) is 0. The summed E-state index contributed by atoms with van der Waals surface area (Å²) in [5, 5.41) is 0. The Kier molecular flexibility index (Phi) is 7.75. The number of benzene rings is 2. The molecule has 36 heavy (non-hydrogen) atoms. The van der Waals surface area contributed by atoms with Crippen LogP contribution in [0, 0.1) is 5.92 Å². The van der Waals surface area contributed by atoms with Gasteiger partial charge in [0.2, 0.25) is 0 Å². The minimum absolute atomic E-state index is 0.632. The summed E-state index contributed by atoms with van der Waals surface area (Å²) in [4.78, 5) is 31.2. The Hall–Kier alpha value is -2.67. The number of carbonyl (C=O) groups is 2. The Morgan fingerprint density at radius 3 is 1.78 bits per heavy atom. The summed E-state index contributed by atoms with van der Waals surface area (Å²) >= 11 is 4.88. The first-order chi connectivity index (χ1) is 17.6. The quantitative estimate of drug-likeness (QED) is 0.191. The molecule has 0 bridgehead atoms. The molecule has 0 spiro atoms. The van der Waals surface area contributed by atoms with Gasteiger partial charge in [0.25, 0.3) is 0 Å². The van der Waals surface area contributed by atoms with Crippen molar-refractivity contribution in [1.29, 1.82) is 0 Å². The summed E-state index contributed by atoms with van der Waals surface area (Å²) in [6.45, 7) is 5.56. The molecule has 1 aliphatic heterocycles. The molecule has 3 nitrogen and oxygen atoms in total. The average molecular weight is 532 g/mol. The van der Waals surface area contributed by atoms with Gasteiger partial charge in [0, 0.05) is 26.1 Å². The van der Waals surface area contributed by atoms with Gasteiger partial charge in [-0.25, -0.2) is 0 Å². The van der Waals surface area contributed by atoms with Crippen molar-refractivity contribution < 1.29 is 9.59 Å². The lowest BCUT2D eigenvalue weighted by molar-refractivity contribution is 0.111. The fourth-order valence-corrected chi connectivity index (χ4v) is 7.52. The van der Waals surface area contributed by atoms with Gasteiger partial charge in [0.15, 0.2) is 12.6 Å². The van der Waals surface area contributed by atoms with E-state index < -0.39 is 0 Å². The zero-order valence-corrected chi connectivity index (χ0v) is 23.0. The number of thiophene rings is 2. The number of hydrogen-bond acceptors (Lipinski definition) is 6. The molecule has 184 valence electrons. The van der Waals surface area contributed by atoms with Crippen molar-refractivity contribution in [3.05, 3.63) is 70.4 Å². The highest BCUT2D eigenvalue weighted by Gasteiger charge is 2.26. The number of aldehydes is 2. The van der Waals surface area contributed by atoms with Gasteiger partial charge in [-0.05, 0) is 72.0 Å². The van der Waals surface area contributed by atoms with Gasteiger partial charge < -0.3 is 4.90 Å². The Bertz CT molecular complexity index is 1290. The molecule has 0 fully saturated rings. The van der Waals surface area contributed by atoms with Crippen molar-refractivity contribution in [3.8, 4) is 20.9 Å². The summed E-state index contributed by atoms with van der Waals surface area (Å²) in [6, 6.07) is 21.3. The Balaban J connectivity index is 1.55. The second-order valence-electron chi connectivity index (χ2n) is 9.13. The third-order valence-electron chi connectivity index (χ3n) is 6.76. The van der Waals surface area contributed by atoms with Crippen LogP contribution in [0.25, 0.3) is 20.9 Å². The van der Waals surface area contributed by atoms with Crippen molar-refractivity contribution >= 4 is 58.4 Å². The number of unbranched alkanes of at least 4 members (excludes halogenated alkanes) is 1. The van der Waals surface area contributed by atoms with E-state index in [-0.39, 0.29) is 0 Å². The topological polar surface area (TPSA) is 37.4 Å². The highest BCUT2D eigenvalue weighted by Crippen LogP contribution is 2.51. The maximum atomic E-state index is 11.2. The molecule has 0 saturated carbocycles. The zero-order valence-electron chi connectivity index (χ0n) is 20.5. The van der Waals surface area contributed by atoms with Crippen LogP contribution >= 0.6 is 34.4 Å². The lowest BCUT2D eigenvalue weighted by Gasteiger charge is -2.35. The lowest BCUT2D eigenvalue weighted by atomic mass is 9.97. The summed E-state index contributed by atoms with van der Waals surface area (Å²) in [6.07, 6.45) is 6.72. The minimum atomic E-state index is 0.632. The van der Waals surface area contributed by atoms with Crippen LogP contribution in [0.4, 0.5) is 11.4 Å². The molecule has 1 atom stereocenters. The van der Waals surface area contributed by atoms with Gasteiger partial charge in [-0.3, -0.25) is 9.59 Å². The smallest absolute Gasteiger partial charge is 0.160 e. The first-order valence-corrected chi connectivity index (χ1v) is 14.9. The second kappa shape index (κ2) is 11.2. The van der Waals surface area contributed by atoms with Crippen LogP contribution in [0.1, 0.15) is 58.9 Å². The molecule has 2 aromatic heterocycles. The molecule has 0 aliphatic carbocycles. The van der Waals surface area contributed by atoms with Crippen molar-refractivity contribution in [2.75, 3.05) is 11.4 Å². The molecule has 2 aromatic carbocycles. The largest absolute Gasteiger partial charge is 0.339 e. The molecule has 0 amide bonds. The second-order valence-corrected chi connectivity index (χ2v) is 12.4. The van der Waals surface area contributed by atoms with E-state index in [2.05, 4.69) is 55.1 Å². The molecule has 6 heteroatoms. The van der Waals surface area contributed by atoms with E-state index in [1.807, 2.05) is 36.0 Å². The standard InChI is InChI=1S/C30H29NO2S3/c1-3-5-6-20(4-2)17-31-25-11-7-21(27-13-9-23(18-32)34-27)15-29(25)36-30-16-22(8-12-26(30)31)28-14-10-24(19-33)35-28/h7-16,18-20H,3-6,17H2,1-2H3. The highest BCUT2D eigenvalue weighted by molar-refractivity contribution is 7.99. The molecule has 0 N–H and O–H groups in total. The Morgan fingerprint density at radius 2 is 1.33 bits per heavy atom. The Morgan fingerprint density at radius 1 is 0.778 bits per heavy atom. The van der Waals surface area contributed by atoms with Crippen LogP contribution < -0.4 is 4.90 Å². The van der Waals surface area contributed by atoms with Crippen LogP contribution in [0.2, 0.25) is 0 Å². The van der Waals surface area contributed by atoms with E-state index in [4.69, 9.17) is 0 Å². The number of fused-ring (bicyclic) bond motifs is 2. The molecular formula is C30H29NO2S3. The van der Waals surface area contributed by atoms with Crippen LogP contribution in [-0.2, 0) is 0 Å². The highest BCUT2D eigenvalue weighted by atomic mass is 32.2. The maximum absolute atomic E-state index is 11.2. The summed E-state index contributed by atoms with van der Waals surface area (Å²) in [5.41, 5.74) is 4.80. The third-order valence-corrected chi connectivity index (χ3v) is 9.97. The monoisotopic (exact) mass is 531 g/mol. The van der Waals surface area contributed by atoms with E-state index in [0.717, 1.165) is 56.2 Å². The van der Waals surface area contributed by atoms with E-state index in [0.29, 0.717) is 5.92 Å².